The average Bonchev–Trinajstić information content (AvgIpc) is 3.40. The third-order valence-electron chi connectivity index (χ3n) is 9.77. The van der Waals surface area contributed by atoms with Gasteiger partial charge in [0.25, 0.3) is 0 Å². The lowest BCUT2D eigenvalue weighted by atomic mass is 9.90. The molecule has 1 rings (SSSR count). The normalized spacial score (nSPS) is 18.6. The third kappa shape index (κ3) is 16.6. The van der Waals surface area contributed by atoms with E-state index in [1.165, 1.54) is 4.90 Å². The second-order valence-electron chi connectivity index (χ2n) is 15.8. The van der Waals surface area contributed by atoms with E-state index in [0.29, 0.717) is 25.8 Å². The summed E-state index contributed by atoms with van der Waals surface area (Å²) < 4.78 is 0. The number of nitrogens with zero attached hydrogens (tertiary/aromatic N) is 1. The summed E-state index contributed by atoms with van der Waals surface area (Å²) in [7, 11) is 0. The molecule has 1 unspecified atom stereocenters. The molecule has 0 saturated carbocycles. The zero-order valence-corrected chi connectivity index (χ0v) is 33.1. The molecule has 54 heavy (non-hydrogen) atoms. The maximum atomic E-state index is 13.6. The maximum Gasteiger partial charge on any atom is 0.233 e. The van der Waals surface area contributed by atoms with E-state index in [1.54, 1.807) is 20.8 Å². The van der Waals surface area contributed by atoms with Crippen molar-refractivity contribution in [3.05, 3.63) is 0 Å². The van der Waals surface area contributed by atoms with Crippen molar-refractivity contribution < 1.29 is 59.1 Å². The van der Waals surface area contributed by atoms with Crippen LogP contribution in [0.5, 0.6) is 0 Å². The number of hydrogen-bond acceptors (Lipinski definition) is 12. The summed E-state index contributed by atoms with van der Waals surface area (Å²) in [5, 5.41) is 56.4. The number of carbonyl (C=O) groups excluding carboxylic acids is 7. The zero-order valence-electron chi connectivity index (χ0n) is 33.1. The van der Waals surface area contributed by atoms with Gasteiger partial charge in [0.05, 0.1) is 18.8 Å². The van der Waals surface area contributed by atoms with Crippen molar-refractivity contribution >= 4 is 41.1 Å². The van der Waals surface area contributed by atoms with Crippen LogP contribution in [-0.4, -0.2) is 128 Å². The van der Waals surface area contributed by atoms with Gasteiger partial charge in [-0.25, -0.2) is 0 Å². The van der Waals surface area contributed by atoms with E-state index >= 15 is 0 Å². The quantitative estimate of drug-likeness (QED) is 0.0406. The van der Waals surface area contributed by atoms with Crippen molar-refractivity contribution in [1.29, 1.82) is 0 Å². The average molecular weight is 771 g/mol. The van der Waals surface area contributed by atoms with Gasteiger partial charge in [-0.2, -0.15) is 0 Å². The summed E-state index contributed by atoms with van der Waals surface area (Å²) in [4.78, 5) is 91.5. The van der Waals surface area contributed by atoms with Crippen molar-refractivity contribution in [1.82, 2.24) is 20.9 Å². The Balaban J connectivity index is 2.92. The molecule has 0 aromatic carbocycles. The molecule has 5 amide bonds. The highest BCUT2D eigenvalue weighted by atomic mass is 16.4. The highest BCUT2D eigenvalue weighted by Crippen LogP contribution is 2.27. The number of imide groups is 1. The largest absolute Gasteiger partial charge is 0.394 e. The molecule has 8 atom stereocenters. The van der Waals surface area contributed by atoms with Gasteiger partial charge in [-0.1, -0.05) is 54.9 Å². The summed E-state index contributed by atoms with van der Waals surface area (Å²) in [6.45, 7) is 12.1. The van der Waals surface area contributed by atoms with Gasteiger partial charge in [-0.05, 0) is 37.0 Å². The Hall–Kier alpha value is -3.31. The molecule has 0 bridgehead atoms. The Morgan fingerprint density at radius 1 is 0.778 bits per heavy atom. The number of nitrogens with one attached hydrogen (secondary N) is 3. The number of Topliss-reactive ketones (excluding diaryl/α,β-unsaturated/α-hetero) is 2. The second kappa shape index (κ2) is 24.3. The Kier molecular flexibility index (Phi) is 21.9. The lowest BCUT2D eigenvalue weighted by Crippen LogP contribution is -2.49. The van der Waals surface area contributed by atoms with E-state index in [4.69, 9.17) is 5.11 Å². The van der Waals surface area contributed by atoms with Crippen LogP contribution in [0.15, 0.2) is 0 Å². The molecule has 1 aliphatic heterocycles. The summed E-state index contributed by atoms with van der Waals surface area (Å²) in [5.41, 5.74) is 0. The zero-order chi connectivity index (χ0) is 41.3. The Bertz CT molecular complexity index is 1260. The molecule has 1 heterocycles. The minimum Gasteiger partial charge on any atom is -0.394 e. The van der Waals surface area contributed by atoms with Gasteiger partial charge in [-0.3, -0.25) is 38.5 Å². The van der Waals surface area contributed by atoms with Gasteiger partial charge in [0.1, 0.15) is 24.1 Å². The first-order valence-electron chi connectivity index (χ1n) is 19.3. The SMILES string of the molecule is CC(C)CNC(=O)[C@H](C)CC(=O)[C@@H](NC(=O)[C@H](CCC(=O)NC[C@H](O)[C@@H](O)[C@H](O)[C@H](O)CO)CC(=O)CCCCCN1C(=O)CC(C(C)C)C1=O)C(C)C. The van der Waals surface area contributed by atoms with E-state index in [1.807, 2.05) is 27.7 Å². The molecule has 1 aliphatic rings. The monoisotopic (exact) mass is 770 g/mol. The van der Waals surface area contributed by atoms with E-state index in [0.717, 1.165) is 0 Å². The fourth-order valence-electron chi connectivity index (χ4n) is 6.12. The van der Waals surface area contributed by atoms with Crippen molar-refractivity contribution in [2.45, 2.75) is 137 Å². The van der Waals surface area contributed by atoms with Crippen LogP contribution in [0.1, 0.15) is 106 Å². The van der Waals surface area contributed by atoms with E-state index in [9.17, 15) is 54.0 Å². The molecule has 310 valence electrons. The van der Waals surface area contributed by atoms with Gasteiger partial charge in [0, 0.05) is 69.5 Å². The Morgan fingerprint density at radius 2 is 1.41 bits per heavy atom. The van der Waals surface area contributed by atoms with E-state index < -0.39 is 67.3 Å². The highest BCUT2D eigenvalue weighted by Gasteiger charge is 2.39. The molecular formula is C38H66N4O12. The fourth-order valence-corrected chi connectivity index (χ4v) is 6.12. The topological polar surface area (TPSA) is 260 Å². The maximum absolute atomic E-state index is 13.6. The van der Waals surface area contributed by atoms with Crippen LogP contribution in [0.2, 0.25) is 0 Å². The first-order chi connectivity index (χ1) is 25.2. The molecule has 0 aromatic heterocycles. The molecule has 1 saturated heterocycles. The standard InChI is InChI=1S/C38H66N4O12/c1-21(2)18-40-36(52)24(7)15-28(45)33(23(5)6)41-37(53)25(12-13-31(48)39-19-29(46)34(50)35(51)30(47)20-43)16-26(44)11-9-8-10-14-42-32(49)17-27(22(3)4)38(42)54/h21-25,27,29-30,33-35,43,46-47,50-51H,8-20H2,1-7H3,(H,39,48)(H,40,52)(H,41,53)/t24-,25-,27?,29+,30-,33+,34-,35-/m1/s1. The van der Waals surface area contributed by atoms with Gasteiger partial charge < -0.3 is 41.5 Å². The van der Waals surface area contributed by atoms with Gasteiger partial charge >= 0.3 is 0 Å². The molecule has 0 radical (unpaired) electrons. The first-order valence-corrected chi connectivity index (χ1v) is 19.3. The van der Waals surface area contributed by atoms with Crippen LogP contribution in [-0.2, 0) is 33.6 Å². The van der Waals surface area contributed by atoms with Crippen LogP contribution in [0, 0.1) is 35.5 Å². The van der Waals surface area contributed by atoms with Crippen molar-refractivity contribution in [3.8, 4) is 0 Å². The predicted octanol–water partition coefficient (Wildman–Crippen LogP) is -0.00610. The van der Waals surface area contributed by atoms with Gasteiger partial charge in [-0.15, -0.1) is 0 Å². The number of unbranched alkanes of at least 4 members (excludes halogenated alkanes) is 2. The number of aliphatic hydroxyl groups excluding tert-OH is 5. The summed E-state index contributed by atoms with van der Waals surface area (Å²) >= 11 is 0. The van der Waals surface area contributed by atoms with Crippen molar-refractivity contribution in [2.24, 2.45) is 35.5 Å². The molecular weight excluding hydrogens is 704 g/mol. The molecule has 0 aliphatic carbocycles. The summed E-state index contributed by atoms with van der Waals surface area (Å²) in [6, 6.07) is -0.965. The smallest absolute Gasteiger partial charge is 0.233 e. The molecule has 1 fully saturated rings. The lowest BCUT2D eigenvalue weighted by molar-refractivity contribution is -0.140. The van der Waals surface area contributed by atoms with E-state index in [-0.39, 0.29) is 98.0 Å². The van der Waals surface area contributed by atoms with Gasteiger partial charge in [0.2, 0.25) is 29.5 Å². The number of amides is 5. The van der Waals surface area contributed by atoms with Gasteiger partial charge in [0.15, 0.2) is 5.78 Å². The van der Waals surface area contributed by atoms with Crippen molar-refractivity contribution in [3.63, 3.8) is 0 Å². The summed E-state index contributed by atoms with van der Waals surface area (Å²) in [6.07, 6.45) is -6.11. The van der Waals surface area contributed by atoms with Crippen LogP contribution in [0.25, 0.3) is 0 Å². The number of carbonyl (C=O) groups is 7. The molecule has 0 spiro atoms. The van der Waals surface area contributed by atoms with Crippen LogP contribution in [0.3, 0.4) is 0 Å². The van der Waals surface area contributed by atoms with E-state index in [2.05, 4.69) is 16.0 Å². The summed E-state index contributed by atoms with van der Waals surface area (Å²) in [5.74, 6) is -4.59. The fraction of sp³-hybridized carbons (Fsp3) is 0.816. The highest BCUT2D eigenvalue weighted by molar-refractivity contribution is 6.03. The number of hydrogen-bond donors (Lipinski definition) is 8. The van der Waals surface area contributed by atoms with Crippen LogP contribution < -0.4 is 16.0 Å². The molecule has 16 heteroatoms. The lowest BCUT2D eigenvalue weighted by Gasteiger charge is -2.26. The number of rotatable bonds is 27. The third-order valence-corrected chi connectivity index (χ3v) is 9.77. The number of likely N-dealkylation sites (tertiary alicyclic amines) is 1. The minimum absolute atomic E-state index is 0.0599. The molecule has 8 N–H and O–H groups in total. The second-order valence-corrected chi connectivity index (χ2v) is 15.8. The minimum atomic E-state index is -1.88. The molecule has 16 nitrogen and oxygen atoms in total. The first kappa shape index (κ1) is 48.7. The number of ketones is 2. The predicted molar refractivity (Wildman–Crippen MR) is 198 cm³/mol. The number of aliphatic hydroxyl groups is 5. The van der Waals surface area contributed by atoms with Crippen molar-refractivity contribution in [2.75, 3.05) is 26.2 Å². The Morgan fingerprint density at radius 3 is 1.96 bits per heavy atom. The van der Waals surface area contributed by atoms with Crippen LogP contribution in [0.4, 0.5) is 0 Å². The molecule has 0 aromatic rings. The Labute approximate surface area is 319 Å². The van der Waals surface area contributed by atoms with Crippen LogP contribution >= 0.6 is 0 Å².